The summed E-state index contributed by atoms with van der Waals surface area (Å²) in [5.74, 6) is 0. The van der Waals surface area contributed by atoms with Crippen LogP contribution in [0.2, 0.25) is 5.02 Å². The third-order valence-corrected chi connectivity index (χ3v) is 2.86. The number of hydrogen-bond donors (Lipinski definition) is 0. The van der Waals surface area contributed by atoms with E-state index in [1.807, 2.05) is 48.5 Å². The first kappa shape index (κ1) is 10.2. The van der Waals surface area contributed by atoms with Gasteiger partial charge >= 0.3 is 0 Å². The molecule has 0 aliphatic carbocycles. The highest BCUT2D eigenvalue weighted by atomic mass is 35.5. The summed E-state index contributed by atoms with van der Waals surface area (Å²) in [4.78, 5) is 8.35. The molecule has 0 bridgehead atoms. The monoisotopic (exact) mass is 239 g/mol. The van der Waals surface area contributed by atoms with Crippen LogP contribution in [0.3, 0.4) is 0 Å². The molecule has 0 spiro atoms. The third-order valence-electron chi connectivity index (χ3n) is 2.61. The second kappa shape index (κ2) is 4.15. The Balaban J connectivity index is 2.27. The van der Waals surface area contributed by atoms with Crippen LogP contribution >= 0.6 is 11.6 Å². The Morgan fingerprint density at radius 2 is 1.65 bits per heavy atom. The third kappa shape index (κ3) is 1.87. The number of hydrogen-bond acceptors (Lipinski definition) is 2. The molecule has 0 atom stereocenters. The van der Waals surface area contributed by atoms with Crippen molar-refractivity contribution in [3.63, 3.8) is 0 Å². The first-order valence-corrected chi connectivity index (χ1v) is 5.61. The van der Waals surface area contributed by atoms with Crippen LogP contribution in [0.15, 0.2) is 48.5 Å². The summed E-state index contributed by atoms with van der Waals surface area (Å²) in [6.07, 6.45) is 2.68. The van der Waals surface area contributed by atoms with Gasteiger partial charge in [0, 0.05) is 16.0 Å². The van der Waals surface area contributed by atoms with E-state index in [2.05, 4.69) is 16.3 Å². The van der Waals surface area contributed by atoms with E-state index in [1.54, 1.807) is 0 Å². The van der Waals surface area contributed by atoms with Crippen molar-refractivity contribution >= 4 is 22.5 Å². The van der Waals surface area contributed by atoms with Gasteiger partial charge in [0.15, 0.2) is 6.33 Å². The number of aromatic nitrogens is 2. The summed E-state index contributed by atoms with van der Waals surface area (Å²) in [5.41, 5.74) is 2.80. The average molecular weight is 240 g/mol. The normalized spacial score (nSPS) is 10.6. The van der Waals surface area contributed by atoms with E-state index in [0.29, 0.717) is 0 Å². The van der Waals surface area contributed by atoms with Gasteiger partial charge in [-0.05, 0) is 18.2 Å². The second-order valence-corrected chi connectivity index (χ2v) is 4.13. The Morgan fingerprint density at radius 1 is 0.882 bits per heavy atom. The maximum atomic E-state index is 5.88. The number of benzene rings is 2. The summed E-state index contributed by atoms with van der Waals surface area (Å²) in [5, 5.41) is 1.74. The predicted octanol–water partition coefficient (Wildman–Crippen LogP) is 3.75. The molecule has 2 nitrogen and oxygen atoms in total. The first-order valence-electron chi connectivity index (χ1n) is 5.23. The smallest absolute Gasteiger partial charge is 0.198 e. The van der Waals surface area contributed by atoms with Gasteiger partial charge in [-0.15, -0.1) is 0 Å². The molecule has 0 saturated carbocycles. The van der Waals surface area contributed by atoms with Crippen molar-refractivity contribution in [3.8, 4) is 11.3 Å². The van der Waals surface area contributed by atoms with Crippen LogP contribution in [0.5, 0.6) is 0 Å². The highest BCUT2D eigenvalue weighted by Crippen LogP contribution is 2.25. The lowest BCUT2D eigenvalue weighted by atomic mass is 10.1. The fourth-order valence-corrected chi connectivity index (χ4v) is 1.91. The number of fused-ring (bicyclic) bond motifs is 1. The minimum Gasteiger partial charge on any atom is -0.225 e. The van der Waals surface area contributed by atoms with Gasteiger partial charge in [-0.3, -0.25) is 0 Å². The lowest BCUT2D eigenvalue weighted by Gasteiger charge is -2.04. The van der Waals surface area contributed by atoms with E-state index in [4.69, 9.17) is 11.6 Å². The van der Waals surface area contributed by atoms with E-state index in [9.17, 15) is 0 Å². The van der Waals surface area contributed by atoms with Crippen LogP contribution < -0.4 is 0 Å². The van der Waals surface area contributed by atoms with Crippen LogP contribution in [0.4, 0.5) is 0 Å². The molecule has 0 fully saturated rings. The molecule has 0 N–H and O–H groups in total. The lowest BCUT2D eigenvalue weighted by Crippen LogP contribution is -1.88. The SMILES string of the molecule is Clc1ccc(-c2n[c]nc3ccccc23)cc1. The van der Waals surface area contributed by atoms with Crippen molar-refractivity contribution in [2.24, 2.45) is 0 Å². The summed E-state index contributed by atoms with van der Waals surface area (Å²) in [7, 11) is 0. The number of nitrogens with zero attached hydrogens (tertiary/aromatic N) is 2. The molecular formula is C14H8ClN2. The Kier molecular flexibility index (Phi) is 2.50. The van der Waals surface area contributed by atoms with Gasteiger partial charge in [-0.2, -0.15) is 0 Å². The molecule has 0 aliphatic heterocycles. The largest absolute Gasteiger partial charge is 0.225 e. The topological polar surface area (TPSA) is 25.8 Å². The van der Waals surface area contributed by atoms with Gasteiger partial charge in [0.25, 0.3) is 0 Å². The Labute approximate surface area is 104 Å². The number of para-hydroxylation sites is 1. The molecule has 1 aromatic heterocycles. The van der Waals surface area contributed by atoms with Crippen molar-refractivity contribution in [1.29, 1.82) is 0 Å². The van der Waals surface area contributed by atoms with Crippen LogP contribution in [0.1, 0.15) is 0 Å². The molecule has 1 radical (unpaired) electrons. The molecule has 3 heteroatoms. The van der Waals surface area contributed by atoms with Gasteiger partial charge in [-0.1, -0.05) is 41.9 Å². The van der Waals surface area contributed by atoms with Crippen molar-refractivity contribution in [2.45, 2.75) is 0 Å². The number of halogens is 1. The highest BCUT2D eigenvalue weighted by Gasteiger charge is 2.05. The maximum Gasteiger partial charge on any atom is 0.198 e. The van der Waals surface area contributed by atoms with Gasteiger partial charge < -0.3 is 0 Å². The summed E-state index contributed by atoms with van der Waals surface area (Å²) < 4.78 is 0. The minimum atomic E-state index is 0.719. The summed E-state index contributed by atoms with van der Waals surface area (Å²) in [6.45, 7) is 0. The highest BCUT2D eigenvalue weighted by molar-refractivity contribution is 6.30. The van der Waals surface area contributed by atoms with Gasteiger partial charge in [-0.25, -0.2) is 9.97 Å². The predicted molar refractivity (Wildman–Crippen MR) is 68.8 cm³/mol. The van der Waals surface area contributed by atoms with Crippen molar-refractivity contribution in [1.82, 2.24) is 9.97 Å². The molecule has 3 rings (SSSR count). The van der Waals surface area contributed by atoms with Gasteiger partial charge in [0.1, 0.15) is 0 Å². The van der Waals surface area contributed by atoms with Crippen molar-refractivity contribution in [3.05, 3.63) is 59.9 Å². The van der Waals surface area contributed by atoms with E-state index < -0.39 is 0 Å². The van der Waals surface area contributed by atoms with E-state index in [0.717, 1.165) is 27.2 Å². The molecule has 0 unspecified atom stereocenters. The summed E-state index contributed by atoms with van der Waals surface area (Å²) in [6, 6.07) is 15.5. The zero-order valence-electron chi connectivity index (χ0n) is 8.89. The molecule has 1 heterocycles. The molecule has 0 saturated heterocycles. The Hall–Kier alpha value is -1.93. The molecule has 0 amide bonds. The molecular weight excluding hydrogens is 232 g/mol. The van der Waals surface area contributed by atoms with Crippen molar-refractivity contribution in [2.75, 3.05) is 0 Å². The fourth-order valence-electron chi connectivity index (χ4n) is 1.79. The maximum absolute atomic E-state index is 5.88. The van der Waals surface area contributed by atoms with Crippen LogP contribution in [0.25, 0.3) is 22.2 Å². The fraction of sp³-hybridized carbons (Fsp3) is 0. The standard InChI is InChI=1S/C14H8ClN2/c15-11-7-5-10(6-8-11)14-12-3-1-2-4-13(12)16-9-17-14/h1-8H. The van der Waals surface area contributed by atoms with E-state index >= 15 is 0 Å². The molecule has 0 aliphatic rings. The van der Waals surface area contributed by atoms with Crippen LogP contribution in [-0.2, 0) is 0 Å². The number of rotatable bonds is 1. The minimum absolute atomic E-state index is 0.719. The van der Waals surface area contributed by atoms with Crippen LogP contribution in [-0.4, -0.2) is 9.97 Å². The second-order valence-electron chi connectivity index (χ2n) is 3.70. The van der Waals surface area contributed by atoms with Gasteiger partial charge in [0.05, 0.1) is 11.2 Å². The lowest BCUT2D eigenvalue weighted by molar-refractivity contribution is 1.20. The summed E-state index contributed by atoms with van der Waals surface area (Å²) >= 11 is 5.88. The van der Waals surface area contributed by atoms with E-state index in [-0.39, 0.29) is 0 Å². The molecule has 81 valence electrons. The van der Waals surface area contributed by atoms with Crippen molar-refractivity contribution < 1.29 is 0 Å². The zero-order valence-corrected chi connectivity index (χ0v) is 9.65. The van der Waals surface area contributed by atoms with Gasteiger partial charge in [0.2, 0.25) is 0 Å². The Bertz CT molecular complexity index is 657. The molecule has 3 aromatic rings. The van der Waals surface area contributed by atoms with Crippen LogP contribution in [0, 0.1) is 6.33 Å². The first-order chi connectivity index (χ1) is 8.34. The molecule has 2 aromatic carbocycles. The van der Waals surface area contributed by atoms with E-state index in [1.165, 1.54) is 0 Å². The molecule has 17 heavy (non-hydrogen) atoms. The Morgan fingerprint density at radius 3 is 2.47 bits per heavy atom. The zero-order chi connectivity index (χ0) is 11.7. The quantitative estimate of drug-likeness (QED) is 0.646. The average Bonchev–Trinajstić information content (AvgIpc) is 2.39.